The fourth-order valence-corrected chi connectivity index (χ4v) is 8.94. The number of amides is 10. The molecule has 0 saturated heterocycles. The van der Waals surface area contributed by atoms with E-state index in [1.807, 2.05) is 25.0 Å². The highest BCUT2D eigenvalue weighted by Crippen LogP contribution is 2.20. The fraction of sp³-hybridized carbons (Fsp3) is 0.538. The lowest BCUT2D eigenvalue weighted by Crippen LogP contribution is -2.60. The summed E-state index contributed by atoms with van der Waals surface area (Å²) in [5.74, 6) is -7.37. The Bertz CT molecular complexity index is 2530. The lowest BCUT2D eigenvalue weighted by molar-refractivity contribution is -0.135. The number of anilines is 1. The zero-order valence-corrected chi connectivity index (χ0v) is 47.4. The molecule has 0 unspecified atom stereocenters. The van der Waals surface area contributed by atoms with E-state index >= 15 is 0 Å². The van der Waals surface area contributed by atoms with Gasteiger partial charge in [0.2, 0.25) is 53.2 Å². The van der Waals surface area contributed by atoms with Crippen molar-refractivity contribution in [3.63, 3.8) is 0 Å². The maximum absolute atomic E-state index is 14.3. The number of primary amides is 2. The number of fused-ring (bicyclic) bond motifs is 1. The number of alkyl halides is 2. The molecule has 2 aromatic carbocycles. The van der Waals surface area contributed by atoms with Gasteiger partial charge in [0.25, 0.3) is 5.91 Å². The van der Waals surface area contributed by atoms with Gasteiger partial charge in [-0.2, -0.15) is 11.8 Å². The molecule has 0 saturated carbocycles. The Hall–Kier alpha value is -6.63. The van der Waals surface area contributed by atoms with Gasteiger partial charge in [-0.3, -0.25) is 47.9 Å². The summed E-state index contributed by atoms with van der Waals surface area (Å²) >= 11 is 13.4. The molecule has 0 spiro atoms. The predicted octanol–water partition coefficient (Wildman–Crippen LogP) is 0.425. The average molecular weight is 1150 g/mol. The first-order valence-corrected chi connectivity index (χ1v) is 28.0. The van der Waals surface area contributed by atoms with Crippen molar-refractivity contribution in [2.45, 2.75) is 122 Å². The van der Waals surface area contributed by atoms with Gasteiger partial charge < -0.3 is 69.0 Å². The third kappa shape index (κ3) is 21.3. The molecule has 78 heavy (non-hydrogen) atoms. The summed E-state index contributed by atoms with van der Waals surface area (Å²) in [6.07, 6.45) is 1.56. The van der Waals surface area contributed by atoms with Crippen molar-refractivity contribution in [2.24, 2.45) is 23.3 Å². The first kappa shape index (κ1) is 65.7. The topological polar surface area (TPSA) is 358 Å². The van der Waals surface area contributed by atoms with Crippen LogP contribution in [0.2, 0.25) is 0 Å². The smallest absolute Gasteiger partial charge is 0.252 e. The molecular weight excluding hydrogens is 1070 g/mol. The number of halogens is 2. The van der Waals surface area contributed by atoms with Gasteiger partial charge >= 0.3 is 0 Å². The largest absolute Gasteiger partial charge is 0.391 e. The lowest BCUT2D eigenvalue weighted by Gasteiger charge is -2.27. The molecule has 0 aliphatic rings. The molecule has 0 radical (unpaired) electrons. The number of nitrogens with one attached hydrogen (secondary N) is 9. The van der Waals surface area contributed by atoms with Gasteiger partial charge in [-0.05, 0) is 92.8 Å². The van der Waals surface area contributed by atoms with Crippen LogP contribution in [0.4, 0.5) is 5.69 Å². The summed E-state index contributed by atoms with van der Waals surface area (Å²) in [5.41, 5.74) is 13.1. The van der Waals surface area contributed by atoms with Crippen LogP contribution in [0, 0.1) is 11.8 Å². The monoisotopic (exact) mass is 1150 g/mol. The minimum atomic E-state index is -1.61. The van der Waals surface area contributed by atoms with Crippen molar-refractivity contribution in [3.8, 4) is 0 Å². The third-order valence-electron chi connectivity index (χ3n) is 12.4. The maximum Gasteiger partial charge on any atom is 0.252 e. The van der Waals surface area contributed by atoms with Crippen molar-refractivity contribution in [1.82, 2.24) is 47.5 Å². The van der Waals surface area contributed by atoms with Crippen LogP contribution in [0.5, 0.6) is 0 Å². The average Bonchev–Trinajstić information content (AvgIpc) is 3.81. The van der Waals surface area contributed by atoms with Crippen molar-refractivity contribution in [3.05, 3.63) is 65.9 Å². The molecular formula is C52H76Cl2N12O11S. The molecule has 26 heteroatoms. The van der Waals surface area contributed by atoms with E-state index in [1.54, 1.807) is 56.4 Å². The second kappa shape index (κ2) is 33.0. The number of carbonyl (C=O) groups is 10. The van der Waals surface area contributed by atoms with E-state index in [-0.39, 0.29) is 37.2 Å². The van der Waals surface area contributed by atoms with Crippen LogP contribution in [0.15, 0.2) is 54.7 Å². The van der Waals surface area contributed by atoms with Crippen molar-refractivity contribution >= 4 is 111 Å². The number of benzene rings is 2. The highest BCUT2D eigenvalue weighted by atomic mass is 35.5. The second-order valence-corrected chi connectivity index (χ2v) is 21.2. The standard InChI is InChI=1S/C52H76Cl2N12O11S/c1-28(2)24-39(50(75)61-37(45(56)70)18-23-78-7)60-42(69)27-58-51(76)43(29(3)4)64-46(71)30(5)59-49(74)40(25-33-26-57-36-11-9-8-10-35(33)36)63-48(73)38(16-17-41(55)68)62-52(77)44(31(6)67)65-47(72)32-12-14-34(15-13-32)66(21-19-53)22-20-54/h8-15,26,28-31,37-40,43-44,57,67H,16-25,27H2,1-7H3,(H2,55,68)(H2,56,70)(H,58,76)(H,59,74)(H,60,69)(H,61,75)(H,62,77)(H,63,73)(H,64,71)(H,65,72)/t30-,31+,37-,38-,39-,40-,43-,44-/m0/s1. The summed E-state index contributed by atoms with van der Waals surface area (Å²) in [5, 5.41) is 31.9. The number of nitrogens with two attached hydrogens (primary N) is 2. The Morgan fingerprint density at radius 1 is 0.667 bits per heavy atom. The predicted molar refractivity (Wildman–Crippen MR) is 300 cm³/mol. The van der Waals surface area contributed by atoms with Gasteiger partial charge in [-0.1, -0.05) is 45.9 Å². The molecule has 3 rings (SSSR count). The molecule has 3 aromatic rings. The number of aliphatic hydroxyl groups is 1. The first-order valence-electron chi connectivity index (χ1n) is 25.6. The number of aromatic nitrogens is 1. The van der Waals surface area contributed by atoms with E-state index in [9.17, 15) is 53.1 Å². The Morgan fingerprint density at radius 3 is 1.85 bits per heavy atom. The number of aromatic amines is 1. The normalized spacial score (nSPS) is 14.3. The van der Waals surface area contributed by atoms with Crippen LogP contribution in [-0.2, 0) is 49.6 Å². The summed E-state index contributed by atoms with van der Waals surface area (Å²) < 4.78 is 0. The molecule has 430 valence electrons. The second-order valence-electron chi connectivity index (χ2n) is 19.5. The summed E-state index contributed by atoms with van der Waals surface area (Å²) in [6, 6.07) is 4.37. The Balaban J connectivity index is 1.80. The number of nitrogens with zero attached hydrogens (tertiary/aromatic N) is 1. The van der Waals surface area contributed by atoms with Gasteiger partial charge in [0, 0.05) is 66.0 Å². The summed E-state index contributed by atoms with van der Waals surface area (Å²) in [4.78, 5) is 138. The fourth-order valence-electron chi connectivity index (χ4n) is 8.06. The molecule has 0 fully saturated rings. The SMILES string of the molecule is CSCC[C@H](NC(=O)[C@H](CC(C)C)NC(=O)CNC(=O)[C@@H](NC(=O)[C@H](C)NC(=O)[C@H](Cc1c[nH]c2ccccc12)NC(=O)[C@H](CCC(N)=O)NC(=O)[C@@H](NC(=O)c1ccc(N(CCCl)CCCl)cc1)[C@@H](C)O)C(C)C)C(N)=O. The number of thioether (sulfide) groups is 1. The molecule has 0 aliphatic carbocycles. The molecule has 10 amide bonds. The number of H-pyrrole nitrogens is 1. The Morgan fingerprint density at radius 2 is 1.27 bits per heavy atom. The number of rotatable bonds is 34. The van der Waals surface area contributed by atoms with Crippen LogP contribution in [0.3, 0.4) is 0 Å². The van der Waals surface area contributed by atoms with Gasteiger partial charge in [0.05, 0.1) is 12.6 Å². The quantitative estimate of drug-likeness (QED) is 0.0362. The summed E-state index contributed by atoms with van der Waals surface area (Å²) in [6.45, 7) is 9.97. The lowest BCUT2D eigenvalue weighted by atomic mass is 10.0. The minimum Gasteiger partial charge on any atom is -0.391 e. The highest BCUT2D eigenvalue weighted by Gasteiger charge is 2.35. The van der Waals surface area contributed by atoms with Crippen LogP contribution in [0.1, 0.15) is 83.1 Å². The maximum atomic E-state index is 14.3. The molecule has 1 aromatic heterocycles. The minimum absolute atomic E-state index is 0.0517. The van der Waals surface area contributed by atoms with Crippen molar-refractivity contribution < 1.29 is 53.1 Å². The summed E-state index contributed by atoms with van der Waals surface area (Å²) in [7, 11) is 0. The number of hydrogen-bond acceptors (Lipinski definition) is 13. The van der Waals surface area contributed by atoms with Crippen molar-refractivity contribution in [2.75, 3.05) is 48.3 Å². The van der Waals surface area contributed by atoms with Crippen LogP contribution >= 0.6 is 35.0 Å². The highest BCUT2D eigenvalue weighted by molar-refractivity contribution is 7.98. The molecule has 8 atom stereocenters. The molecule has 23 nitrogen and oxygen atoms in total. The Kier molecular flexibility index (Phi) is 27.7. The van der Waals surface area contributed by atoms with E-state index < -0.39 is 126 Å². The van der Waals surface area contributed by atoms with E-state index in [1.165, 1.54) is 37.7 Å². The number of aliphatic hydroxyl groups excluding tert-OH is 1. The van der Waals surface area contributed by atoms with E-state index in [4.69, 9.17) is 34.7 Å². The van der Waals surface area contributed by atoms with Gasteiger partial charge in [0.1, 0.15) is 42.3 Å². The van der Waals surface area contributed by atoms with Crippen LogP contribution in [0.25, 0.3) is 10.9 Å². The van der Waals surface area contributed by atoms with Gasteiger partial charge in [0.15, 0.2) is 0 Å². The molecule has 0 bridgehead atoms. The first-order chi connectivity index (χ1) is 36.9. The Labute approximate surface area is 468 Å². The molecule has 0 aliphatic heterocycles. The number of hydrogen-bond donors (Lipinski definition) is 12. The van der Waals surface area contributed by atoms with Gasteiger partial charge in [-0.15, -0.1) is 23.2 Å². The zero-order valence-electron chi connectivity index (χ0n) is 45.0. The van der Waals surface area contributed by atoms with Crippen molar-refractivity contribution in [1.29, 1.82) is 0 Å². The molecule has 14 N–H and O–H groups in total. The van der Waals surface area contributed by atoms with Gasteiger partial charge in [-0.25, -0.2) is 0 Å². The number of carbonyl (C=O) groups excluding carboxylic acids is 10. The van der Waals surface area contributed by atoms with E-state index in [2.05, 4.69) is 47.5 Å². The van der Waals surface area contributed by atoms with E-state index in [0.29, 0.717) is 47.1 Å². The zero-order chi connectivity index (χ0) is 58.2. The third-order valence-corrected chi connectivity index (χ3v) is 13.3. The van der Waals surface area contributed by atoms with Crippen LogP contribution < -0.4 is 58.9 Å². The number of para-hydroxylation sites is 1. The van der Waals surface area contributed by atoms with E-state index in [0.717, 1.165) is 5.69 Å². The molecule has 1 heterocycles. The van der Waals surface area contributed by atoms with Crippen LogP contribution in [-0.4, -0.2) is 161 Å².